The lowest BCUT2D eigenvalue weighted by Crippen LogP contribution is -2.59. The minimum absolute atomic E-state index is 0.0918. The molecule has 8 heteroatoms. The lowest BCUT2D eigenvalue weighted by molar-refractivity contribution is 0.0897. The molecule has 1 aliphatic carbocycles. The van der Waals surface area contributed by atoms with Gasteiger partial charge in [-0.05, 0) is 89.2 Å². The number of carbonyl (C=O) groups is 1. The van der Waals surface area contributed by atoms with E-state index in [0.717, 1.165) is 44.2 Å². The number of rotatable bonds is 6. The molecular formula is C23H33N3O4S. The van der Waals surface area contributed by atoms with Crippen LogP contribution in [0.2, 0.25) is 0 Å². The number of sulfonamides is 1. The molecule has 7 nitrogen and oxygen atoms in total. The first-order chi connectivity index (χ1) is 14.7. The van der Waals surface area contributed by atoms with E-state index in [-0.39, 0.29) is 28.5 Å². The summed E-state index contributed by atoms with van der Waals surface area (Å²) in [4.78, 5) is 13.7. The second-order valence-electron chi connectivity index (χ2n) is 9.08. The number of hydrogen-bond acceptors (Lipinski definition) is 5. The van der Waals surface area contributed by atoms with Gasteiger partial charge in [-0.2, -0.15) is 0 Å². The fourth-order valence-corrected chi connectivity index (χ4v) is 5.93. The standard InChI is InChI=1S/C23H33N3O4S/c1-15-12-16-13-18(31(28,29)24-3)14-19(21(16)30-15)22(27)26-23(2,20-10-7-11-25-20)17-8-5-4-6-9-17/h8,13-15,20,24-25H,4-7,9-12H2,1-3H3,(H,26,27). The van der Waals surface area contributed by atoms with Crippen molar-refractivity contribution in [3.63, 3.8) is 0 Å². The molecule has 0 spiro atoms. The van der Waals surface area contributed by atoms with Crippen LogP contribution in [-0.4, -0.2) is 45.6 Å². The zero-order valence-electron chi connectivity index (χ0n) is 18.6. The molecule has 170 valence electrons. The highest BCUT2D eigenvalue weighted by Crippen LogP contribution is 2.37. The SMILES string of the molecule is CNS(=O)(=O)c1cc2c(c(C(=O)NC(C)(C3=CCCCC3)C3CCCN3)c1)OC(C)C2. The Morgan fingerprint density at radius 2 is 2.06 bits per heavy atom. The van der Waals surface area contributed by atoms with Crippen LogP contribution in [0.4, 0.5) is 0 Å². The number of amides is 1. The highest BCUT2D eigenvalue weighted by Gasteiger charge is 2.41. The summed E-state index contributed by atoms with van der Waals surface area (Å²) < 4.78 is 33.3. The van der Waals surface area contributed by atoms with E-state index in [0.29, 0.717) is 12.2 Å². The predicted octanol–water partition coefficient (Wildman–Crippen LogP) is 2.66. The zero-order chi connectivity index (χ0) is 22.2. The Morgan fingerprint density at radius 1 is 1.26 bits per heavy atom. The largest absolute Gasteiger partial charge is 0.489 e. The Hall–Kier alpha value is -1.90. The molecule has 0 bridgehead atoms. The summed E-state index contributed by atoms with van der Waals surface area (Å²) in [6.45, 7) is 4.96. The van der Waals surface area contributed by atoms with Crippen molar-refractivity contribution in [2.24, 2.45) is 0 Å². The minimum atomic E-state index is -3.68. The molecule has 1 fully saturated rings. The van der Waals surface area contributed by atoms with Gasteiger partial charge >= 0.3 is 0 Å². The Morgan fingerprint density at radius 3 is 2.71 bits per heavy atom. The van der Waals surface area contributed by atoms with Gasteiger partial charge in [-0.25, -0.2) is 13.1 Å². The first kappa shape index (κ1) is 22.3. The number of hydrogen-bond donors (Lipinski definition) is 3. The molecule has 3 atom stereocenters. The van der Waals surface area contributed by atoms with Crippen molar-refractivity contribution in [2.75, 3.05) is 13.6 Å². The van der Waals surface area contributed by atoms with Gasteiger partial charge in [0.05, 0.1) is 16.0 Å². The van der Waals surface area contributed by atoms with E-state index in [9.17, 15) is 13.2 Å². The molecule has 2 aliphatic heterocycles. The number of nitrogens with one attached hydrogen (secondary N) is 3. The van der Waals surface area contributed by atoms with Crippen LogP contribution < -0.4 is 20.1 Å². The van der Waals surface area contributed by atoms with Crippen molar-refractivity contribution in [3.8, 4) is 5.75 Å². The monoisotopic (exact) mass is 447 g/mol. The summed E-state index contributed by atoms with van der Waals surface area (Å²) in [7, 11) is -2.31. The second kappa shape index (κ2) is 8.56. The number of allylic oxidation sites excluding steroid dienone is 1. The molecule has 1 amide bonds. The molecule has 1 aromatic carbocycles. The summed E-state index contributed by atoms with van der Waals surface area (Å²) in [5, 5.41) is 6.86. The molecule has 1 saturated heterocycles. The zero-order valence-corrected chi connectivity index (χ0v) is 19.4. The maximum absolute atomic E-state index is 13.6. The van der Waals surface area contributed by atoms with Crippen LogP contribution >= 0.6 is 0 Å². The van der Waals surface area contributed by atoms with E-state index in [2.05, 4.69) is 28.4 Å². The van der Waals surface area contributed by atoms with E-state index in [1.54, 1.807) is 6.07 Å². The average Bonchev–Trinajstić information content (AvgIpc) is 3.42. The molecule has 3 N–H and O–H groups in total. The molecule has 0 aromatic heterocycles. The molecular weight excluding hydrogens is 414 g/mol. The fourth-order valence-electron chi connectivity index (χ4n) is 5.13. The van der Waals surface area contributed by atoms with Crippen LogP contribution in [0.1, 0.15) is 68.3 Å². The van der Waals surface area contributed by atoms with Crippen molar-refractivity contribution in [1.29, 1.82) is 0 Å². The molecule has 31 heavy (non-hydrogen) atoms. The summed E-state index contributed by atoms with van der Waals surface area (Å²) >= 11 is 0. The molecule has 1 aromatic rings. The van der Waals surface area contributed by atoms with E-state index in [4.69, 9.17) is 4.74 Å². The number of ether oxygens (including phenoxy) is 1. The van der Waals surface area contributed by atoms with E-state index >= 15 is 0 Å². The van der Waals surface area contributed by atoms with Crippen molar-refractivity contribution in [1.82, 2.24) is 15.4 Å². The van der Waals surface area contributed by atoms with Crippen molar-refractivity contribution >= 4 is 15.9 Å². The molecule has 2 heterocycles. The predicted molar refractivity (Wildman–Crippen MR) is 120 cm³/mol. The van der Waals surface area contributed by atoms with Crippen LogP contribution in [0.3, 0.4) is 0 Å². The smallest absolute Gasteiger partial charge is 0.255 e. The summed E-state index contributed by atoms with van der Waals surface area (Å²) in [6, 6.07) is 3.21. The average molecular weight is 448 g/mol. The first-order valence-electron chi connectivity index (χ1n) is 11.3. The topological polar surface area (TPSA) is 96.5 Å². The van der Waals surface area contributed by atoms with Crippen LogP contribution in [0.5, 0.6) is 5.75 Å². The van der Waals surface area contributed by atoms with Crippen molar-refractivity contribution < 1.29 is 17.9 Å². The Bertz CT molecular complexity index is 998. The van der Waals surface area contributed by atoms with Gasteiger partial charge in [-0.1, -0.05) is 6.08 Å². The summed E-state index contributed by atoms with van der Waals surface area (Å²) in [5.41, 5.74) is 1.78. The molecule has 0 saturated carbocycles. The van der Waals surface area contributed by atoms with Gasteiger partial charge in [0.1, 0.15) is 11.9 Å². The molecule has 4 rings (SSSR count). The van der Waals surface area contributed by atoms with Crippen molar-refractivity contribution in [2.45, 2.75) is 81.4 Å². The maximum Gasteiger partial charge on any atom is 0.255 e. The third-order valence-corrected chi connectivity index (χ3v) is 8.27. The second-order valence-corrected chi connectivity index (χ2v) is 11.0. The normalized spacial score (nSPS) is 25.3. The van der Waals surface area contributed by atoms with Gasteiger partial charge in [0.2, 0.25) is 10.0 Å². The van der Waals surface area contributed by atoms with Crippen LogP contribution in [-0.2, 0) is 16.4 Å². The van der Waals surface area contributed by atoms with Crippen molar-refractivity contribution in [3.05, 3.63) is 34.9 Å². The number of fused-ring (bicyclic) bond motifs is 1. The minimum Gasteiger partial charge on any atom is -0.489 e. The first-order valence-corrected chi connectivity index (χ1v) is 12.8. The maximum atomic E-state index is 13.6. The van der Waals surface area contributed by atoms with Crippen LogP contribution in [0.25, 0.3) is 0 Å². The van der Waals surface area contributed by atoms with Gasteiger partial charge < -0.3 is 15.4 Å². The van der Waals surface area contributed by atoms with Gasteiger partial charge in [0.15, 0.2) is 0 Å². The van der Waals surface area contributed by atoms with E-state index in [1.165, 1.54) is 25.1 Å². The van der Waals surface area contributed by atoms with Gasteiger partial charge in [0, 0.05) is 12.5 Å². The Balaban J connectivity index is 1.73. The summed E-state index contributed by atoms with van der Waals surface area (Å²) in [5.74, 6) is 0.209. The van der Waals surface area contributed by atoms with Crippen LogP contribution in [0, 0.1) is 0 Å². The fraction of sp³-hybridized carbons (Fsp3) is 0.609. The Labute approximate surface area is 185 Å². The van der Waals surface area contributed by atoms with Crippen LogP contribution in [0.15, 0.2) is 28.7 Å². The molecule has 0 radical (unpaired) electrons. The number of carbonyl (C=O) groups excluding carboxylic acids is 1. The highest BCUT2D eigenvalue weighted by molar-refractivity contribution is 7.89. The quantitative estimate of drug-likeness (QED) is 0.583. The Kier molecular flexibility index (Phi) is 6.16. The van der Waals surface area contributed by atoms with Gasteiger partial charge in [-0.15, -0.1) is 0 Å². The van der Waals surface area contributed by atoms with Gasteiger partial charge in [0.25, 0.3) is 5.91 Å². The molecule has 3 unspecified atom stereocenters. The van der Waals surface area contributed by atoms with E-state index in [1.807, 2.05) is 6.92 Å². The lowest BCUT2D eigenvalue weighted by atomic mass is 9.78. The highest BCUT2D eigenvalue weighted by atomic mass is 32.2. The lowest BCUT2D eigenvalue weighted by Gasteiger charge is -2.40. The van der Waals surface area contributed by atoms with E-state index < -0.39 is 15.6 Å². The third-order valence-electron chi connectivity index (χ3n) is 6.88. The summed E-state index contributed by atoms with van der Waals surface area (Å²) in [6.07, 6.45) is 9.12. The van der Waals surface area contributed by atoms with Gasteiger partial charge in [-0.3, -0.25) is 4.79 Å². The molecule has 3 aliphatic rings. The third kappa shape index (κ3) is 4.25. The number of benzene rings is 1.